The number of nitrogens with one attached hydrogen (secondary N) is 1. The zero-order valence-corrected chi connectivity index (χ0v) is 12.7. The Kier molecular flexibility index (Phi) is 6.91. The molecule has 0 bridgehead atoms. The standard InChI is InChI=1S/C16H26N2O2/c1-4-5-9-18-16(19)13-6-7-14(17)15(11-13)20-10-8-12(2)3/h6-7,11-12H,4-5,8-10,17H2,1-3H3,(H,18,19). The molecule has 0 aliphatic heterocycles. The Morgan fingerprint density at radius 1 is 1.40 bits per heavy atom. The van der Waals surface area contributed by atoms with Crippen LogP contribution in [0.2, 0.25) is 0 Å². The lowest BCUT2D eigenvalue weighted by Gasteiger charge is -2.12. The number of amides is 1. The van der Waals surface area contributed by atoms with Crippen molar-refractivity contribution >= 4 is 11.6 Å². The number of nitrogen functional groups attached to an aromatic ring is 1. The Labute approximate surface area is 121 Å². The highest BCUT2D eigenvalue weighted by Gasteiger charge is 2.09. The molecule has 1 aromatic rings. The minimum atomic E-state index is -0.0767. The van der Waals surface area contributed by atoms with Gasteiger partial charge in [-0.05, 0) is 37.0 Å². The summed E-state index contributed by atoms with van der Waals surface area (Å²) in [5.74, 6) is 1.10. The molecule has 20 heavy (non-hydrogen) atoms. The fourth-order valence-electron chi connectivity index (χ4n) is 1.69. The molecule has 0 fully saturated rings. The van der Waals surface area contributed by atoms with Gasteiger partial charge >= 0.3 is 0 Å². The first kappa shape index (κ1) is 16.3. The van der Waals surface area contributed by atoms with E-state index in [1.54, 1.807) is 18.2 Å². The van der Waals surface area contributed by atoms with Crippen molar-refractivity contribution in [1.82, 2.24) is 5.32 Å². The smallest absolute Gasteiger partial charge is 0.251 e. The lowest BCUT2D eigenvalue weighted by Crippen LogP contribution is -2.24. The van der Waals surface area contributed by atoms with Gasteiger partial charge in [0.25, 0.3) is 5.91 Å². The van der Waals surface area contributed by atoms with Crippen molar-refractivity contribution in [2.75, 3.05) is 18.9 Å². The van der Waals surface area contributed by atoms with E-state index in [2.05, 4.69) is 26.1 Å². The molecule has 1 rings (SSSR count). The molecule has 0 radical (unpaired) electrons. The predicted molar refractivity (Wildman–Crippen MR) is 83.0 cm³/mol. The van der Waals surface area contributed by atoms with Gasteiger partial charge in [-0.3, -0.25) is 4.79 Å². The SMILES string of the molecule is CCCCNC(=O)c1ccc(N)c(OCCC(C)C)c1. The van der Waals surface area contributed by atoms with Crippen LogP contribution < -0.4 is 15.8 Å². The van der Waals surface area contributed by atoms with E-state index in [1.807, 2.05) is 0 Å². The first-order valence-electron chi connectivity index (χ1n) is 7.35. The molecule has 1 amide bonds. The molecule has 0 aliphatic carbocycles. The van der Waals surface area contributed by atoms with Crippen LogP contribution in [0.1, 0.15) is 50.4 Å². The van der Waals surface area contributed by atoms with Crippen molar-refractivity contribution in [3.8, 4) is 5.75 Å². The molecule has 0 saturated carbocycles. The van der Waals surface area contributed by atoms with Crippen LogP contribution in [0.25, 0.3) is 0 Å². The number of nitrogens with two attached hydrogens (primary N) is 1. The topological polar surface area (TPSA) is 64.4 Å². The summed E-state index contributed by atoms with van der Waals surface area (Å²) in [5, 5.41) is 2.89. The third kappa shape index (κ3) is 5.51. The largest absolute Gasteiger partial charge is 0.491 e. The van der Waals surface area contributed by atoms with Crippen LogP contribution >= 0.6 is 0 Å². The molecular formula is C16H26N2O2. The van der Waals surface area contributed by atoms with Gasteiger partial charge in [0.2, 0.25) is 0 Å². The van der Waals surface area contributed by atoms with Crippen LogP contribution in [-0.2, 0) is 0 Å². The average molecular weight is 278 g/mol. The number of unbranched alkanes of at least 4 members (excludes halogenated alkanes) is 1. The monoisotopic (exact) mass is 278 g/mol. The van der Waals surface area contributed by atoms with Crippen molar-refractivity contribution < 1.29 is 9.53 Å². The summed E-state index contributed by atoms with van der Waals surface area (Å²) in [6.07, 6.45) is 3.01. The van der Waals surface area contributed by atoms with Crippen LogP contribution in [0.5, 0.6) is 5.75 Å². The van der Waals surface area contributed by atoms with E-state index in [1.165, 1.54) is 0 Å². The molecule has 0 saturated heterocycles. The van der Waals surface area contributed by atoms with Crippen molar-refractivity contribution in [1.29, 1.82) is 0 Å². The molecule has 0 aromatic heterocycles. The number of carbonyl (C=O) groups is 1. The molecule has 3 N–H and O–H groups in total. The van der Waals surface area contributed by atoms with Gasteiger partial charge in [0.1, 0.15) is 5.75 Å². The lowest BCUT2D eigenvalue weighted by atomic mass is 10.1. The minimum Gasteiger partial charge on any atom is -0.491 e. The van der Waals surface area contributed by atoms with Gasteiger partial charge < -0.3 is 15.8 Å². The summed E-state index contributed by atoms with van der Waals surface area (Å²) >= 11 is 0. The quantitative estimate of drug-likeness (QED) is 0.567. The number of carbonyl (C=O) groups excluding carboxylic acids is 1. The molecule has 0 atom stereocenters. The van der Waals surface area contributed by atoms with Gasteiger partial charge in [-0.25, -0.2) is 0 Å². The van der Waals surface area contributed by atoms with Crippen molar-refractivity contribution in [2.24, 2.45) is 5.92 Å². The molecule has 0 unspecified atom stereocenters. The normalized spacial score (nSPS) is 10.6. The first-order chi connectivity index (χ1) is 9.54. The Morgan fingerprint density at radius 2 is 2.15 bits per heavy atom. The highest BCUT2D eigenvalue weighted by atomic mass is 16.5. The van der Waals surface area contributed by atoms with Gasteiger partial charge in [-0.2, -0.15) is 0 Å². The van der Waals surface area contributed by atoms with Gasteiger partial charge in [-0.15, -0.1) is 0 Å². The maximum absolute atomic E-state index is 12.0. The molecule has 1 aromatic carbocycles. The van der Waals surface area contributed by atoms with Crippen LogP contribution in [-0.4, -0.2) is 19.1 Å². The maximum Gasteiger partial charge on any atom is 0.251 e. The second-order valence-corrected chi connectivity index (χ2v) is 5.39. The number of hydrogen-bond acceptors (Lipinski definition) is 3. The minimum absolute atomic E-state index is 0.0767. The van der Waals surface area contributed by atoms with E-state index in [4.69, 9.17) is 10.5 Å². The van der Waals surface area contributed by atoms with E-state index in [0.29, 0.717) is 36.1 Å². The Hall–Kier alpha value is -1.71. The Morgan fingerprint density at radius 3 is 2.80 bits per heavy atom. The number of rotatable bonds is 8. The molecule has 4 nitrogen and oxygen atoms in total. The Bertz CT molecular complexity index is 430. The van der Waals surface area contributed by atoms with Gasteiger partial charge in [-0.1, -0.05) is 27.2 Å². The average Bonchev–Trinajstić information content (AvgIpc) is 2.40. The van der Waals surface area contributed by atoms with Crippen LogP contribution in [0, 0.1) is 5.92 Å². The summed E-state index contributed by atoms with van der Waals surface area (Å²) < 4.78 is 5.66. The third-order valence-corrected chi connectivity index (χ3v) is 3.04. The fourth-order valence-corrected chi connectivity index (χ4v) is 1.69. The van der Waals surface area contributed by atoms with Crippen LogP contribution in [0.15, 0.2) is 18.2 Å². The molecule has 4 heteroatoms. The molecule has 0 aliphatic rings. The van der Waals surface area contributed by atoms with Gasteiger partial charge in [0.15, 0.2) is 0 Å². The number of benzene rings is 1. The van der Waals surface area contributed by atoms with E-state index in [9.17, 15) is 4.79 Å². The van der Waals surface area contributed by atoms with Crippen molar-refractivity contribution in [3.05, 3.63) is 23.8 Å². The predicted octanol–water partition coefficient (Wildman–Crippen LogP) is 3.22. The molecule has 112 valence electrons. The summed E-state index contributed by atoms with van der Waals surface area (Å²) in [5.41, 5.74) is 7.03. The van der Waals surface area contributed by atoms with Crippen molar-refractivity contribution in [3.63, 3.8) is 0 Å². The highest BCUT2D eigenvalue weighted by molar-refractivity contribution is 5.95. The van der Waals surface area contributed by atoms with E-state index < -0.39 is 0 Å². The van der Waals surface area contributed by atoms with E-state index in [0.717, 1.165) is 19.3 Å². The summed E-state index contributed by atoms with van der Waals surface area (Å²) in [7, 11) is 0. The van der Waals surface area contributed by atoms with Crippen LogP contribution in [0.4, 0.5) is 5.69 Å². The van der Waals surface area contributed by atoms with Gasteiger partial charge in [0.05, 0.1) is 12.3 Å². The molecule has 0 spiro atoms. The molecule has 0 heterocycles. The molecular weight excluding hydrogens is 252 g/mol. The summed E-state index contributed by atoms with van der Waals surface area (Å²) in [6.45, 7) is 7.69. The highest BCUT2D eigenvalue weighted by Crippen LogP contribution is 2.23. The zero-order chi connectivity index (χ0) is 15.0. The lowest BCUT2D eigenvalue weighted by molar-refractivity contribution is 0.0952. The maximum atomic E-state index is 12.0. The summed E-state index contributed by atoms with van der Waals surface area (Å²) in [6, 6.07) is 5.17. The Balaban J connectivity index is 2.62. The third-order valence-electron chi connectivity index (χ3n) is 3.04. The fraction of sp³-hybridized carbons (Fsp3) is 0.562. The van der Waals surface area contributed by atoms with Crippen molar-refractivity contribution in [2.45, 2.75) is 40.0 Å². The van der Waals surface area contributed by atoms with Crippen LogP contribution in [0.3, 0.4) is 0 Å². The first-order valence-corrected chi connectivity index (χ1v) is 7.35. The number of anilines is 1. The second-order valence-electron chi connectivity index (χ2n) is 5.39. The number of hydrogen-bond donors (Lipinski definition) is 2. The summed E-state index contributed by atoms with van der Waals surface area (Å²) in [4.78, 5) is 12.0. The van der Waals surface area contributed by atoms with E-state index in [-0.39, 0.29) is 5.91 Å². The number of ether oxygens (including phenoxy) is 1. The van der Waals surface area contributed by atoms with Gasteiger partial charge in [0, 0.05) is 12.1 Å². The zero-order valence-electron chi connectivity index (χ0n) is 12.7. The van der Waals surface area contributed by atoms with E-state index >= 15 is 0 Å². The second kappa shape index (κ2) is 8.46.